The first-order valence-corrected chi connectivity index (χ1v) is 8.50. The van der Waals surface area contributed by atoms with Crippen LogP contribution in [0.3, 0.4) is 0 Å². The maximum atomic E-state index is 12.9. The van der Waals surface area contributed by atoms with Gasteiger partial charge >= 0.3 is 0 Å². The molecule has 0 saturated heterocycles. The zero-order valence-corrected chi connectivity index (χ0v) is 14.3. The summed E-state index contributed by atoms with van der Waals surface area (Å²) in [7, 11) is 0. The molecule has 0 bridgehead atoms. The molecule has 0 aliphatic rings. The number of rotatable bonds is 6. The van der Waals surface area contributed by atoms with Crippen molar-refractivity contribution in [3.8, 4) is 5.75 Å². The number of ether oxygens (including phenoxy) is 1. The van der Waals surface area contributed by atoms with Crippen LogP contribution >= 0.6 is 11.3 Å². The molecule has 0 unspecified atom stereocenters. The molecule has 0 fully saturated rings. The van der Waals surface area contributed by atoms with E-state index in [-0.39, 0.29) is 11.7 Å². The first-order valence-electron chi connectivity index (χ1n) is 7.69. The molecule has 128 valence electrons. The van der Waals surface area contributed by atoms with Crippen molar-refractivity contribution in [2.24, 2.45) is 0 Å². The fourth-order valence-electron chi connectivity index (χ4n) is 2.14. The Bertz CT molecular complexity index is 865. The fourth-order valence-corrected chi connectivity index (χ4v) is 2.85. The van der Waals surface area contributed by atoms with E-state index in [1.54, 1.807) is 0 Å². The van der Waals surface area contributed by atoms with E-state index in [0.29, 0.717) is 23.7 Å². The van der Waals surface area contributed by atoms with E-state index in [4.69, 9.17) is 4.74 Å². The van der Waals surface area contributed by atoms with Crippen molar-refractivity contribution in [1.82, 2.24) is 10.2 Å². The van der Waals surface area contributed by atoms with Gasteiger partial charge in [-0.25, -0.2) is 4.39 Å². The Kier molecular flexibility index (Phi) is 5.35. The van der Waals surface area contributed by atoms with Crippen LogP contribution in [-0.4, -0.2) is 22.7 Å². The zero-order valence-electron chi connectivity index (χ0n) is 13.5. The summed E-state index contributed by atoms with van der Waals surface area (Å²) in [5, 5.41) is 11.8. The van der Waals surface area contributed by atoms with Crippen LogP contribution in [-0.2, 0) is 6.42 Å². The predicted octanol–water partition coefficient (Wildman–Crippen LogP) is 3.86. The molecule has 3 aromatic rings. The second kappa shape index (κ2) is 7.85. The van der Waals surface area contributed by atoms with Crippen LogP contribution < -0.4 is 10.1 Å². The number of aromatic nitrogens is 2. The lowest BCUT2D eigenvalue weighted by molar-refractivity contribution is 0.102. The smallest absolute Gasteiger partial charge is 0.257 e. The number of hydrogen-bond acceptors (Lipinski definition) is 5. The van der Waals surface area contributed by atoms with Gasteiger partial charge in [0.05, 0.1) is 6.61 Å². The van der Waals surface area contributed by atoms with Gasteiger partial charge in [0.25, 0.3) is 5.91 Å². The number of amides is 1. The normalized spacial score (nSPS) is 10.5. The molecule has 0 atom stereocenters. The number of nitrogens with one attached hydrogen (secondary N) is 1. The van der Waals surface area contributed by atoms with E-state index >= 15 is 0 Å². The Morgan fingerprint density at radius 2 is 2.00 bits per heavy atom. The van der Waals surface area contributed by atoms with Crippen LogP contribution in [0.15, 0.2) is 48.5 Å². The Hall–Kier alpha value is -2.80. The molecular weight excluding hydrogens is 341 g/mol. The molecular formula is C18H16FN3O2S. The number of benzene rings is 2. The Labute approximate surface area is 148 Å². The molecule has 0 radical (unpaired) electrons. The number of halogens is 1. The number of anilines is 1. The van der Waals surface area contributed by atoms with Crippen molar-refractivity contribution in [3.63, 3.8) is 0 Å². The number of carbonyl (C=O) groups excluding carboxylic acids is 1. The third kappa shape index (κ3) is 4.84. The standard InChI is InChI=1S/C18H16FN3O2S/c1-12-3-2-4-15(11-12)24-10-9-16-21-22-18(25-16)20-17(23)13-5-7-14(19)8-6-13/h2-8,11H,9-10H2,1H3,(H,20,22,23). The molecule has 1 heterocycles. The highest BCUT2D eigenvalue weighted by molar-refractivity contribution is 7.15. The minimum atomic E-state index is -0.386. The quantitative estimate of drug-likeness (QED) is 0.728. The van der Waals surface area contributed by atoms with E-state index in [0.717, 1.165) is 16.3 Å². The molecule has 7 heteroatoms. The first-order chi connectivity index (χ1) is 12.1. The molecule has 2 aromatic carbocycles. The van der Waals surface area contributed by atoms with Crippen LogP contribution in [0.4, 0.5) is 9.52 Å². The largest absolute Gasteiger partial charge is 0.493 e. The zero-order chi connectivity index (χ0) is 17.6. The molecule has 5 nitrogen and oxygen atoms in total. The molecule has 1 aromatic heterocycles. The number of hydrogen-bond donors (Lipinski definition) is 1. The summed E-state index contributed by atoms with van der Waals surface area (Å²) >= 11 is 1.29. The van der Waals surface area contributed by atoms with Crippen molar-refractivity contribution >= 4 is 22.4 Å². The minimum absolute atomic E-state index is 0.348. The van der Waals surface area contributed by atoms with Crippen LogP contribution in [0.5, 0.6) is 5.75 Å². The van der Waals surface area contributed by atoms with Gasteiger partial charge in [0.15, 0.2) is 0 Å². The van der Waals surface area contributed by atoms with E-state index in [1.165, 1.54) is 35.6 Å². The highest BCUT2D eigenvalue weighted by Crippen LogP contribution is 2.18. The summed E-state index contributed by atoms with van der Waals surface area (Å²) in [5.41, 5.74) is 1.50. The van der Waals surface area contributed by atoms with Gasteiger partial charge in [0.2, 0.25) is 5.13 Å². The number of nitrogens with zero attached hydrogens (tertiary/aromatic N) is 2. The third-order valence-corrected chi connectivity index (χ3v) is 4.27. The maximum Gasteiger partial charge on any atom is 0.257 e. The topological polar surface area (TPSA) is 64.1 Å². The van der Waals surface area contributed by atoms with Gasteiger partial charge in [-0.3, -0.25) is 10.1 Å². The second-order valence-electron chi connectivity index (χ2n) is 5.38. The SMILES string of the molecule is Cc1cccc(OCCc2nnc(NC(=O)c3ccc(F)cc3)s2)c1. The molecule has 1 N–H and O–H groups in total. The Balaban J connectivity index is 1.52. The van der Waals surface area contributed by atoms with E-state index in [1.807, 2.05) is 31.2 Å². The fraction of sp³-hybridized carbons (Fsp3) is 0.167. The average molecular weight is 357 g/mol. The average Bonchev–Trinajstić information content (AvgIpc) is 3.03. The minimum Gasteiger partial charge on any atom is -0.493 e. The van der Waals surface area contributed by atoms with Crippen LogP contribution in [0.2, 0.25) is 0 Å². The summed E-state index contributed by atoms with van der Waals surface area (Å²) in [5.74, 6) is 0.0800. The van der Waals surface area contributed by atoms with Gasteiger partial charge in [-0.05, 0) is 48.9 Å². The van der Waals surface area contributed by atoms with Gasteiger partial charge in [-0.1, -0.05) is 23.5 Å². The molecule has 0 saturated carbocycles. The van der Waals surface area contributed by atoms with Crippen molar-refractivity contribution in [3.05, 3.63) is 70.5 Å². The lowest BCUT2D eigenvalue weighted by Crippen LogP contribution is -2.11. The summed E-state index contributed by atoms with van der Waals surface area (Å²) in [4.78, 5) is 12.0. The van der Waals surface area contributed by atoms with E-state index in [9.17, 15) is 9.18 Å². The van der Waals surface area contributed by atoms with Gasteiger partial charge in [-0.15, -0.1) is 10.2 Å². The lowest BCUT2D eigenvalue weighted by atomic mass is 10.2. The summed E-state index contributed by atoms with van der Waals surface area (Å²) in [6.45, 7) is 2.48. The summed E-state index contributed by atoms with van der Waals surface area (Å²) in [6, 6.07) is 13.1. The van der Waals surface area contributed by atoms with E-state index < -0.39 is 0 Å². The molecule has 25 heavy (non-hydrogen) atoms. The summed E-state index contributed by atoms with van der Waals surface area (Å²) < 4.78 is 18.6. The number of aryl methyl sites for hydroxylation is 1. The highest BCUT2D eigenvalue weighted by atomic mass is 32.1. The molecule has 1 amide bonds. The maximum absolute atomic E-state index is 12.9. The lowest BCUT2D eigenvalue weighted by Gasteiger charge is -2.04. The van der Waals surface area contributed by atoms with E-state index in [2.05, 4.69) is 15.5 Å². The highest BCUT2D eigenvalue weighted by Gasteiger charge is 2.10. The Morgan fingerprint density at radius 3 is 2.76 bits per heavy atom. The van der Waals surface area contributed by atoms with Crippen LogP contribution in [0.25, 0.3) is 0 Å². The van der Waals surface area contributed by atoms with Gasteiger partial charge in [0, 0.05) is 12.0 Å². The van der Waals surface area contributed by atoms with Crippen molar-refractivity contribution in [2.75, 3.05) is 11.9 Å². The van der Waals surface area contributed by atoms with Crippen molar-refractivity contribution < 1.29 is 13.9 Å². The van der Waals surface area contributed by atoms with Crippen LogP contribution in [0, 0.1) is 12.7 Å². The molecule has 0 aliphatic carbocycles. The van der Waals surface area contributed by atoms with Gasteiger partial charge < -0.3 is 4.74 Å². The molecule has 3 rings (SSSR count). The third-order valence-electron chi connectivity index (χ3n) is 3.37. The summed E-state index contributed by atoms with van der Waals surface area (Å²) in [6.07, 6.45) is 0.595. The predicted molar refractivity (Wildman–Crippen MR) is 94.6 cm³/mol. The molecule has 0 aliphatic heterocycles. The van der Waals surface area contributed by atoms with Crippen molar-refractivity contribution in [2.45, 2.75) is 13.3 Å². The van der Waals surface area contributed by atoms with Crippen LogP contribution in [0.1, 0.15) is 20.9 Å². The molecule has 0 spiro atoms. The second-order valence-corrected chi connectivity index (χ2v) is 6.44. The number of carbonyl (C=O) groups is 1. The van der Waals surface area contributed by atoms with Gasteiger partial charge in [-0.2, -0.15) is 0 Å². The Morgan fingerprint density at radius 1 is 1.20 bits per heavy atom. The van der Waals surface area contributed by atoms with Gasteiger partial charge in [0.1, 0.15) is 16.6 Å². The van der Waals surface area contributed by atoms with Crippen molar-refractivity contribution in [1.29, 1.82) is 0 Å². The monoisotopic (exact) mass is 357 g/mol. The first kappa shape index (κ1) is 17.0.